The van der Waals surface area contributed by atoms with Gasteiger partial charge in [0.05, 0.1) is 5.92 Å². The number of fused-ring (bicyclic) bond motifs is 1. The third-order valence-electron chi connectivity index (χ3n) is 4.89. The summed E-state index contributed by atoms with van der Waals surface area (Å²) >= 11 is 0. The highest BCUT2D eigenvalue weighted by Gasteiger charge is 2.28. The Morgan fingerprint density at radius 3 is 2.40 bits per heavy atom. The van der Waals surface area contributed by atoms with Gasteiger partial charge >= 0.3 is 5.97 Å². The molecule has 0 radical (unpaired) electrons. The van der Waals surface area contributed by atoms with Gasteiger partial charge in [0.2, 0.25) is 0 Å². The standard InChI is InChI=1S/C17H23NO2/c19-17(20)13-6-8-15(9-7-13)18-16-10-5-12-3-1-2-4-14(12)11-16/h1-4,13,15-16,18H,5-11H2,(H,19,20). The van der Waals surface area contributed by atoms with Crippen molar-refractivity contribution in [1.29, 1.82) is 0 Å². The topological polar surface area (TPSA) is 49.3 Å². The van der Waals surface area contributed by atoms with Crippen LogP contribution in [0.2, 0.25) is 0 Å². The molecule has 0 saturated heterocycles. The predicted molar refractivity (Wildman–Crippen MR) is 78.8 cm³/mol. The van der Waals surface area contributed by atoms with Crippen molar-refractivity contribution < 1.29 is 9.90 Å². The molecule has 2 aliphatic carbocycles. The van der Waals surface area contributed by atoms with E-state index in [1.807, 2.05) is 0 Å². The van der Waals surface area contributed by atoms with E-state index in [0.717, 1.165) is 38.5 Å². The number of aliphatic carboxylic acids is 1. The highest BCUT2D eigenvalue weighted by atomic mass is 16.4. The van der Waals surface area contributed by atoms with E-state index in [9.17, 15) is 4.79 Å². The summed E-state index contributed by atoms with van der Waals surface area (Å²) in [6.45, 7) is 0. The van der Waals surface area contributed by atoms with Crippen molar-refractivity contribution in [2.24, 2.45) is 5.92 Å². The van der Waals surface area contributed by atoms with E-state index in [2.05, 4.69) is 29.6 Å². The number of hydrogen-bond donors (Lipinski definition) is 2. The van der Waals surface area contributed by atoms with Crippen molar-refractivity contribution in [2.45, 2.75) is 57.0 Å². The van der Waals surface area contributed by atoms with E-state index >= 15 is 0 Å². The number of hydrogen-bond acceptors (Lipinski definition) is 2. The SMILES string of the molecule is O=C(O)C1CCC(NC2CCc3ccccc3C2)CC1. The van der Waals surface area contributed by atoms with Crippen molar-refractivity contribution in [2.75, 3.05) is 0 Å². The van der Waals surface area contributed by atoms with Crippen LogP contribution in [0, 0.1) is 5.92 Å². The van der Waals surface area contributed by atoms with Crippen LogP contribution in [0.3, 0.4) is 0 Å². The molecule has 2 N–H and O–H groups in total. The Balaban J connectivity index is 1.52. The van der Waals surface area contributed by atoms with Crippen molar-refractivity contribution in [3.05, 3.63) is 35.4 Å². The van der Waals surface area contributed by atoms with Gasteiger partial charge in [-0.05, 0) is 56.1 Å². The lowest BCUT2D eigenvalue weighted by Gasteiger charge is -2.33. The minimum Gasteiger partial charge on any atom is -0.481 e. The molecule has 1 aromatic rings. The van der Waals surface area contributed by atoms with Crippen molar-refractivity contribution in [3.8, 4) is 0 Å². The second-order valence-corrected chi connectivity index (χ2v) is 6.26. The maximum absolute atomic E-state index is 11.0. The summed E-state index contributed by atoms with van der Waals surface area (Å²) in [6, 6.07) is 9.81. The van der Waals surface area contributed by atoms with E-state index in [1.165, 1.54) is 17.5 Å². The summed E-state index contributed by atoms with van der Waals surface area (Å²) in [7, 11) is 0. The van der Waals surface area contributed by atoms with Crippen LogP contribution in [-0.4, -0.2) is 23.2 Å². The van der Waals surface area contributed by atoms with Gasteiger partial charge in [-0.15, -0.1) is 0 Å². The van der Waals surface area contributed by atoms with Crippen molar-refractivity contribution >= 4 is 5.97 Å². The number of benzene rings is 1. The summed E-state index contributed by atoms with van der Waals surface area (Å²) in [6.07, 6.45) is 7.17. The maximum atomic E-state index is 11.0. The minimum atomic E-state index is -0.616. The molecule has 0 spiro atoms. The first-order chi connectivity index (χ1) is 9.72. The third-order valence-corrected chi connectivity index (χ3v) is 4.89. The molecule has 1 aromatic carbocycles. The van der Waals surface area contributed by atoms with Crippen LogP contribution in [-0.2, 0) is 17.6 Å². The molecule has 0 amide bonds. The number of rotatable bonds is 3. The zero-order chi connectivity index (χ0) is 13.9. The van der Waals surface area contributed by atoms with Crippen molar-refractivity contribution in [1.82, 2.24) is 5.32 Å². The van der Waals surface area contributed by atoms with Crippen LogP contribution in [0.1, 0.15) is 43.2 Å². The van der Waals surface area contributed by atoms with Crippen LogP contribution in [0.15, 0.2) is 24.3 Å². The van der Waals surface area contributed by atoms with Crippen LogP contribution < -0.4 is 5.32 Å². The smallest absolute Gasteiger partial charge is 0.306 e. The molecule has 1 unspecified atom stereocenters. The van der Waals surface area contributed by atoms with Gasteiger partial charge in [-0.3, -0.25) is 4.79 Å². The minimum absolute atomic E-state index is 0.111. The Bertz CT molecular complexity index is 478. The average Bonchev–Trinajstić information content (AvgIpc) is 2.48. The van der Waals surface area contributed by atoms with Gasteiger partial charge in [-0.1, -0.05) is 24.3 Å². The Kier molecular flexibility index (Phi) is 4.06. The van der Waals surface area contributed by atoms with Crippen LogP contribution in [0.5, 0.6) is 0 Å². The summed E-state index contributed by atoms with van der Waals surface area (Å²) in [5, 5.41) is 12.8. The first-order valence-corrected chi connectivity index (χ1v) is 7.78. The number of carboxylic acids is 1. The van der Waals surface area contributed by atoms with Gasteiger partial charge in [-0.25, -0.2) is 0 Å². The molecule has 3 rings (SSSR count). The Morgan fingerprint density at radius 2 is 1.70 bits per heavy atom. The maximum Gasteiger partial charge on any atom is 0.306 e. The fourth-order valence-electron chi connectivity index (χ4n) is 3.68. The molecule has 0 aromatic heterocycles. The summed E-state index contributed by atoms with van der Waals surface area (Å²) in [5.74, 6) is -0.727. The number of aryl methyl sites for hydroxylation is 1. The molecule has 1 fully saturated rings. The Hall–Kier alpha value is -1.35. The predicted octanol–water partition coefficient (Wildman–Crippen LogP) is 2.78. The molecular formula is C17H23NO2. The summed E-state index contributed by atoms with van der Waals surface area (Å²) < 4.78 is 0. The van der Waals surface area contributed by atoms with Gasteiger partial charge in [0.25, 0.3) is 0 Å². The molecule has 0 aliphatic heterocycles. The Labute approximate surface area is 120 Å². The molecule has 2 aliphatic rings. The average molecular weight is 273 g/mol. The molecule has 0 bridgehead atoms. The fraction of sp³-hybridized carbons (Fsp3) is 0.588. The molecular weight excluding hydrogens is 250 g/mol. The normalized spacial score (nSPS) is 29.7. The van der Waals surface area contributed by atoms with Gasteiger partial charge in [0, 0.05) is 12.1 Å². The van der Waals surface area contributed by atoms with E-state index < -0.39 is 5.97 Å². The van der Waals surface area contributed by atoms with E-state index in [-0.39, 0.29) is 5.92 Å². The van der Waals surface area contributed by atoms with Gasteiger partial charge in [-0.2, -0.15) is 0 Å². The highest BCUT2D eigenvalue weighted by Crippen LogP contribution is 2.27. The van der Waals surface area contributed by atoms with Gasteiger partial charge < -0.3 is 10.4 Å². The zero-order valence-corrected chi connectivity index (χ0v) is 11.8. The summed E-state index contributed by atoms with van der Waals surface area (Å²) in [4.78, 5) is 11.0. The Morgan fingerprint density at radius 1 is 1.00 bits per heavy atom. The zero-order valence-electron chi connectivity index (χ0n) is 11.8. The lowest BCUT2D eigenvalue weighted by Crippen LogP contribution is -2.43. The van der Waals surface area contributed by atoms with Gasteiger partial charge in [0.15, 0.2) is 0 Å². The molecule has 1 atom stereocenters. The molecule has 3 nitrogen and oxygen atoms in total. The lowest BCUT2D eigenvalue weighted by molar-refractivity contribution is -0.142. The molecule has 3 heteroatoms. The van der Waals surface area contributed by atoms with E-state index in [1.54, 1.807) is 0 Å². The first kappa shape index (κ1) is 13.6. The number of nitrogens with one attached hydrogen (secondary N) is 1. The molecule has 0 heterocycles. The van der Waals surface area contributed by atoms with E-state index in [4.69, 9.17) is 5.11 Å². The van der Waals surface area contributed by atoms with Crippen molar-refractivity contribution in [3.63, 3.8) is 0 Å². The quantitative estimate of drug-likeness (QED) is 0.890. The lowest BCUT2D eigenvalue weighted by atomic mass is 9.84. The van der Waals surface area contributed by atoms with Crippen LogP contribution >= 0.6 is 0 Å². The summed E-state index contributed by atoms with van der Waals surface area (Å²) in [5.41, 5.74) is 2.98. The molecule has 108 valence electrons. The molecule has 1 saturated carbocycles. The number of carboxylic acid groups (broad SMARTS) is 1. The third kappa shape index (κ3) is 3.04. The highest BCUT2D eigenvalue weighted by molar-refractivity contribution is 5.70. The second-order valence-electron chi connectivity index (χ2n) is 6.26. The van der Waals surface area contributed by atoms with Crippen LogP contribution in [0.25, 0.3) is 0 Å². The van der Waals surface area contributed by atoms with Crippen LogP contribution in [0.4, 0.5) is 0 Å². The largest absolute Gasteiger partial charge is 0.481 e. The second kappa shape index (κ2) is 5.96. The fourth-order valence-corrected chi connectivity index (χ4v) is 3.68. The molecule has 20 heavy (non-hydrogen) atoms. The monoisotopic (exact) mass is 273 g/mol. The van der Waals surface area contributed by atoms with E-state index in [0.29, 0.717) is 12.1 Å². The number of carbonyl (C=O) groups is 1. The van der Waals surface area contributed by atoms with Gasteiger partial charge in [0.1, 0.15) is 0 Å². The first-order valence-electron chi connectivity index (χ1n) is 7.78.